The lowest BCUT2D eigenvalue weighted by molar-refractivity contribution is 0.0694. The maximum Gasteiger partial charge on any atom is 0.263 e. The molecule has 0 radical (unpaired) electrons. The fraction of sp³-hybridized carbons (Fsp3) is 0.667. The van der Waals surface area contributed by atoms with Crippen LogP contribution in [0.25, 0.3) is 0 Å². The highest BCUT2D eigenvalue weighted by Gasteiger charge is 2.24. The van der Waals surface area contributed by atoms with Crippen LogP contribution in [0, 0.1) is 5.41 Å². The van der Waals surface area contributed by atoms with E-state index < -0.39 is 0 Å². The maximum atomic E-state index is 12.6. The van der Waals surface area contributed by atoms with Crippen molar-refractivity contribution >= 4 is 17.2 Å². The summed E-state index contributed by atoms with van der Waals surface area (Å²) in [5.74, 6) is 0.146. The molecule has 19 heavy (non-hydrogen) atoms. The molecule has 0 saturated carbocycles. The molecule has 0 aliphatic rings. The molecule has 4 heteroatoms. The summed E-state index contributed by atoms with van der Waals surface area (Å²) in [5, 5.41) is 0. The summed E-state index contributed by atoms with van der Waals surface area (Å²) >= 11 is 1.61. The monoisotopic (exact) mass is 282 g/mol. The number of nitrogens with two attached hydrogens (primary N) is 1. The highest BCUT2D eigenvalue weighted by molar-refractivity contribution is 7.14. The van der Waals surface area contributed by atoms with Gasteiger partial charge in [0.1, 0.15) is 0 Å². The Labute approximate surface area is 120 Å². The molecule has 0 atom stereocenters. The quantitative estimate of drug-likeness (QED) is 0.835. The molecule has 1 aromatic heterocycles. The minimum Gasteiger partial charge on any atom is -0.337 e. The van der Waals surface area contributed by atoms with Gasteiger partial charge in [-0.3, -0.25) is 4.79 Å². The standard InChI is InChI=1S/C15H26N2OS/c1-5-9-17(11-15(3,4)10-16)14(18)13-8-7-12(6-2)19-13/h7-8H,5-6,9-11,16H2,1-4H3. The lowest BCUT2D eigenvalue weighted by atomic mass is 9.93. The fourth-order valence-electron chi connectivity index (χ4n) is 1.94. The van der Waals surface area contributed by atoms with Gasteiger partial charge in [0, 0.05) is 18.0 Å². The van der Waals surface area contributed by atoms with Crippen molar-refractivity contribution in [3.8, 4) is 0 Å². The van der Waals surface area contributed by atoms with E-state index in [1.54, 1.807) is 11.3 Å². The second-order valence-electron chi connectivity index (χ2n) is 5.71. The predicted octanol–water partition coefficient (Wildman–Crippen LogP) is 3.15. The van der Waals surface area contributed by atoms with Crippen molar-refractivity contribution in [2.75, 3.05) is 19.6 Å². The van der Waals surface area contributed by atoms with Crippen molar-refractivity contribution in [1.29, 1.82) is 0 Å². The van der Waals surface area contributed by atoms with Crippen LogP contribution in [-0.2, 0) is 6.42 Å². The van der Waals surface area contributed by atoms with Crippen LogP contribution in [0.5, 0.6) is 0 Å². The van der Waals surface area contributed by atoms with Gasteiger partial charge in [-0.15, -0.1) is 11.3 Å². The number of thiophene rings is 1. The summed E-state index contributed by atoms with van der Waals surface area (Å²) in [5.41, 5.74) is 5.75. The fourth-order valence-corrected chi connectivity index (χ4v) is 2.86. The molecule has 0 aromatic carbocycles. The number of aryl methyl sites for hydroxylation is 1. The number of carbonyl (C=O) groups is 1. The van der Waals surface area contributed by atoms with E-state index in [1.807, 2.05) is 11.0 Å². The van der Waals surface area contributed by atoms with Crippen LogP contribution in [0.15, 0.2) is 12.1 Å². The molecule has 1 amide bonds. The van der Waals surface area contributed by atoms with Crippen LogP contribution < -0.4 is 5.73 Å². The molecule has 0 unspecified atom stereocenters. The second kappa shape index (κ2) is 7.06. The highest BCUT2D eigenvalue weighted by atomic mass is 32.1. The average Bonchev–Trinajstić information content (AvgIpc) is 2.86. The third-order valence-corrected chi connectivity index (χ3v) is 4.39. The summed E-state index contributed by atoms with van der Waals surface area (Å²) < 4.78 is 0. The zero-order valence-corrected chi connectivity index (χ0v) is 13.3. The molecule has 0 saturated heterocycles. The van der Waals surface area contributed by atoms with Crippen LogP contribution in [0.4, 0.5) is 0 Å². The molecule has 1 heterocycles. The van der Waals surface area contributed by atoms with Gasteiger partial charge in [-0.05, 0) is 36.9 Å². The largest absolute Gasteiger partial charge is 0.337 e. The van der Waals surface area contributed by atoms with Crippen molar-refractivity contribution in [1.82, 2.24) is 4.90 Å². The molecule has 108 valence electrons. The van der Waals surface area contributed by atoms with Crippen molar-refractivity contribution in [3.63, 3.8) is 0 Å². The Balaban J connectivity index is 2.83. The SMILES string of the molecule is CCCN(CC(C)(C)CN)C(=O)c1ccc(CC)s1. The number of rotatable bonds is 7. The zero-order valence-electron chi connectivity index (χ0n) is 12.5. The Kier molecular flexibility index (Phi) is 6.01. The van der Waals surface area contributed by atoms with Gasteiger partial charge in [-0.25, -0.2) is 0 Å². The topological polar surface area (TPSA) is 46.3 Å². The van der Waals surface area contributed by atoms with E-state index >= 15 is 0 Å². The van der Waals surface area contributed by atoms with Gasteiger partial charge >= 0.3 is 0 Å². The van der Waals surface area contributed by atoms with E-state index in [2.05, 4.69) is 33.8 Å². The van der Waals surface area contributed by atoms with Crippen molar-refractivity contribution in [3.05, 3.63) is 21.9 Å². The van der Waals surface area contributed by atoms with Crippen LogP contribution in [0.1, 0.15) is 48.7 Å². The van der Waals surface area contributed by atoms with Gasteiger partial charge in [0.15, 0.2) is 0 Å². The summed E-state index contributed by atoms with van der Waals surface area (Å²) in [4.78, 5) is 16.6. The van der Waals surface area contributed by atoms with Gasteiger partial charge in [0.2, 0.25) is 0 Å². The van der Waals surface area contributed by atoms with Crippen molar-refractivity contribution < 1.29 is 4.79 Å². The van der Waals surface area contributed by atoms with Crippen LogP contribution >= 0.6 is 11.3 Å². The summed E-state index contributed by atoms with van der Waals surface area (Å²) in [6.07, 6.45) is 1.96. The average molecular weight is 282 g/mol. The number of carbonyl (C=O) groups excluding carboxylic acids is 1. The lowest BCUT2D eigenvalue weighted by Gasteiger charge is -2.31. The minimum absolute atomic E-state index is 0.0321. The molecule has 0 bridgehead atoms. The van der Waals surface area contributed by atoms with Crippen molar-refractivity contribution in [2.45, 2.75) is 40.5 Å². The maximum absolute atomic E-state index is 12.6. The van der Waals surface area contributed by atoms with E-state index in [0.717, 1.165) is 30.8 Å². The summed E-state index contributed by atoms with van der Waals surface area (Å²) in [7, 11) is 0. The van der Waals surface area contributed by atoms with Crippen LogP contribution in [0.2, 0.25) is 0 Å². The number of amides is 1. The highest BCUT2D eigenvalue weighted by Crippen LogP contribution is 2.22. The molecule has 0 aliphatic carbocycles. The Morgan fingerprint density at radius 1 is 1.37 bits per heavy atom. The van der Waals surface area contributed by atoms with Gasteiger partial charge < -0.3 is 10.6 Å². The first-order chi connectivity index (χ1) is 8.93. The third kappa shape index (κ3) is 4.62. The Morgan fingerprint density at radius 3 is 2.53 bits per heavy atom. The molecule has 2 N–H and O–H groups in total. The van der Waals surface area contributed by atoms with E-state index in [4.69, 9.17) is 5.73 Å². The first kappa shape index (κ1) is 16.2. The number of nitrogens with zero attached hydrogens (tertiary/aromatic N) is 1. The van der Waals surface area contributed by atoms with E-state index in [-0.39, 0.29) is 11.3 Å². The van der Waals surface area contributed by atoms with Crippen LogP contribution in [-0.4, -0.2) is 30.4 Å². The van der Waals surface area contributed by atoms with Crippen LogP contribution in [0.3, 0.4) is 0 Å². The molecule has 1 rings (SSSR count). The minimum atomic E-state index is -0.0321. The van der Waals surface area contributed by atoms with Gasteiger partial charge in [-0.2, -0.15) is 0 Å². The number of hydrogen-bond acceptors (Lipinski definition) is 3. The van der Waals surface area contributed by atoms with Crippen molar-refractivity contribution in [2.24, 2.45) is 11.1 Å². The third-order valence-electron chi connectivity index (χ3n) is 3.17. The Hall–Kier alpha value is -0.870. The normalized spacial score (nSPS) is 11.6. The molecule has 1 aromatic rings. The summed E-state index contributed by atoms with van der Waals surface area (Å²) in [6.45, 7) is 10.5. The van der Waals surface area contributed by atoms with Gasteiger partial charge in [-0.1, -0.05) is 27.7 Å². The predicted molar refractivity (Wildman–Crippen MR) is 82.7 cm³/mol. The molecule has 3 nitrogen and oxygen atoms in total. The number of hydrogen-bond donors (Lipinski definition) is 1. The lowest BCUT2D eigenvalue weighted by Crippen LogP contribution is -2.42. The molecule has 0 fully saturated rings. The Bertz CT molecular complexity index is 412. The first-order valence-electron chi connectivity index (χ1n) is 7.01. The van der Waals surface area contributed by atoms with Gasteiger partial charge in [0.25, 0.3) is 5.91 Å². The second-order valence-corrected chi connectivity index (χ2v) is 6.88. The smallest absolute Gasteiger partial charge is 0.263 e. The molecular weight excluding hydrogens is 256 g/mol. The molecular formula is C15H26N2OS. The van der Waals surface area contributed by atoms with E-state index in [9.17, 15) is 4.79 Å². The summed E-state index contributed by atoms with van der Waals surface area (Å²) in [6, 6.07) is 4.00. The van der Waals surface area contributed by atoms with Gasteiger partial charge in [0.05, 0.1) is 4.88 Å². The van der Waals surface area contributed by atoms with E-state index in [0.29, 0.717) is 6.54 Å². The van der Waals surface area contributed by atoms with E-state index in [1.165, 1.54) is 4.88 Å². The molecule has 0 aliphatic heterocycles. The molecule has 0 spiro atoms. The first-order valence-corrected chi connectivity index (χ1v) is 7.83. The zero-order chi connectivity index (χ0) is 14.5. The Morgan fingerprint density at radius 2 is 2.05 bits per heavy atom.